The molecular formula is C26H30N6O. The number of unbranched alkanes of at least 4 members (excludes halogenated alkanes) is 2. The standard InChI is InChI=1S/C26H30N6O/c1-2-3-4-11-23-27-26(16-7-8-17-26)25(33)32(23)18-19-12-14-20(15-13-19)21-9-5-6-10-22(21)24-28-30-31-29-24/h5-6,9-10,12-15H,2-4,7-8,11,16-18H2,1H3,(H,28,29,30,31). The van der Waals surface area contributed by atoms with E-state index in [2.05, 4.69) is 57.9 Å². The molecule has 1 aliphatic carbocycles. The number of carbonyl (C=O) groups excluding carboxylic acids is 1. The van der Waals surface area contributed by atoms with Gasteiger partial charge in [0.05, 0.1) is 6.54 Å². The summed E-state index contributed by atoms with van der Waals surface area (Å²) >= 11 is 0. The van der Waals surface area contributed by atoms with Crippen molar-refractivity contribution in [1.82, 2.24) is 25.5 Å². The van der Waals surface area contributed by atoms with Crippen molar-refractivity contribution in [3.8, 4) is 22.5 Å². The molecule has 7 heteroatoms. The molecule has 0 saturated heterocycles. The second kappa shape index (κ2) is 9.25. The molecule has 7 nitrogen and oxygen atoms in total. The van der Waals surface area contributed by atoms with Crippen LogP contribution in [0.25, 0.3) is 22.5 Å². The van der Waals surface area contributed by atoms with Gasteiger partial charge >= 0.3 is 0 Å². The van der Waals surface area contributed by atoms with Gasteiger partial charge in [0.1, 0.15) is 11.4 Å². The van der Waals surface area contributed by atoms with E-state index < -0.39 is 5.54 Å². The molecule has 0 radical (unpaired) electrons. The Bertz CT molecular complexity index is 1130. The van der Waals surface area contributed by atoms with Crippen LogP contribution in [0.5, 0.6) is 0 Å². The quantitative estimate of drug-likeness (QED) is 0.488. The van der Waals surface area contributed by atoms with E-state index in [-0.39, 0.29) is 5.91 Å². The van der Waals surface area contributed by atoms with Crippen molar-refractivity contribution in [1.29, 1.82) is 0 Å². The van der Waals surface area contributed by atoms with Crippen LogP contribution >= 0.6 is 0 Å². The molecule has 2 aliphatic rings. The minimum atomic E-state index is -0.481. The first-order valence-corrected chi connectivity index (χ1v) is 12.0. The Morgan fingerprint density at radius 2 is 1.76 bits per heavy atom. The monoisotopic (exact) mass is 442 g/mol. The third-order valence-corrected chi connectivity index (χ3v) is 6.85. The molecule has 2 heterocycles. The van der Waals surface area contributed by atoms with Crippen LogP contribution in [0.1, 0.15) is 63.9 Å². The molecule has 170 valence electrons. The van der Waals surface area contributed by atoms with E-state index >= 15 is 0 Å². The van der Waals surface area contributed by atoms with Crippen LogP contribution in [0.4, 0.5) is 0 Å². The third kappa shape index (κ3) is 4.19. The maximum Gasteiger partial charge on any atom is 0.256 e. The lowest BCUT2D eigenvalue weighted by Gasteiger charge is -2.23. The highest BCUT2D eigenvalue weighted by Crippen LogP contribution is 2.40. The molecule has 0 atom stereocenters. The van der Waals surface area contributed by atoms with Crippen molar-refractivity contribution in [2.45, 2.75) is 70.4 Å². The number of aliphatic imine (C=N–C) groups is 1. The van der Waals surface area contributed by atoms with Crippen molar-refractivity contribution in [3.05, 3.63) is 54.1 Å². The molecule has 1 aliphatic heterocycles. The van der Waals surface area contributed by atoms with Crippen LogP contribution in [0.15, 0.2) is 53.5 Å². The van der Waals surface area contributed by atoms with Gasteiger partial charge in [0, 0.05) is 12.0 Å². The summed E-state index contributed by atoms with van der Waals surface area (Å²) in [6.45, 7) is 2.79. The average molecular weight is 443 g/mol. The minimum absolute atomic E-state index is 0.207. The van der Waals surface area contributed by atoms with Crippen LogP contribution in [0.3, 0.4) is 0 Å². The third-order valence-electron chi connectivity index (χ3n) is 6.85. The molecule has 1 spiro atoms. The second-order valence-corrected chi connectivity index (χ2v) is 9.09. The summed E-state index contributed by atoms with van der Waals surface area (Å²) in [6, 6.07) is 16.5. The summed E-state index contributed by atoms with van der Waals surface area (Å²) in [6.07, 6.45) is 8.29. The van der Waals surface area contributed by atoms with E-state index in [1.54, 1.807) is 0 Å². The molecule has 0 unspecified atom stereocenters. The fourth-order valence-electron chi connectivity index (χ4n) is 5.07. The van der Waals surface area contributed by atoms with Gasteiger partial charge in [0.15, 0.2) is 0 Å². The number of nitrogens with zero attached hydrogens (tertiary/aromatic N) is 5. The lowest BCUT2D eigenvalue weighted by molar-refractivity contribution is -0.131. The number of benzene rings is 2. The van der Waals surface area contributed by atoms with Crippen LogP contribution in [-0.2, 0) is 11.3 Å². The van der Waals surface area contributed by atoms with Crippen molar-refractivity contribution in [3.63, 3.8) is 0 Å². The van der Waals surface area contributed by atoms with E-state index in [0.29, 0.717) is 12.4 Å². The second-order valence-electron chi connectivity index (χ2n) is 9.09. The molecule has 1 aromatic heterocycles. The maximum absolute atomic E-state index is 13.4. The fourth-order valence-corrected chi connectivity index (χ4v) is 5.07. The van der Waals surface area contributed by atoms with Crippen LogP contribution in [0.2, 0.25) is 0 Å². The smallest absolute Gasteiger partial charge is 0.256 e. The highest BCUT2D eigenvalue weighted by atomic mass is 16.2. The summed E-state index contributed by atoms with van der Waals surface area (Å²) in [5.74, 6) is 1.77. The Hall–Kier alpha value is -3.35. The van der Waals surface area contributed by atoms with Gasteiger partial charge in [-0.05, 0) is 41.2 Å². The van der Waals surface area contributed by atoms with Crippen molar-refractivity contribution >= 4 is 11.7 Å². The molecule has 5 rings (SSSR count). The molecule has 1 saturated carbocycles. The van der Waals surface area contributed by atoms with E-state index in [0.717, 1.165) is 66.6 Å². The Labute approximate surface area is 194 Å². The summed E-state index contributed by atoms with van der Waals surface area (Å²) in [4.78, 5) is 20.4. The molecule has 1 amide bonds. The van der Waals surface area contributed by atoms with Crippen LogP contribution in [-0.4, -0.2) is 42.8 Å². The number of aromatic amines is 1. The summed E-state index contributed by atoms with van der Waals surface area (Å²) < 4.78 is 0. The maximum atomic E-state index is 13.4. The summed E-state index contributed by atoms with van der Waals surface area (Å²) in [5.41, 5.74) is 3.69. The average Bonchev–Trinajstić information content (AvgIpc) is 3.59. The van der Waals surface area contributed by atoms with Crippen LogP contribution < -0.4 is 0 Å². The fraction of sp³-hybridized carbons (Fsp3) is 0.423. The van der Waals surface area contributed by atoms with Gasteiger partial charge in [-0.25, -0.2) is 0 Å². The Kier molecular flexibility index (Phi) is 6.03. The minimum Gasteiger partial charge on any atom is -0.294 e. The number of nitrogens with one attached hydrogen (secondary N) is 1. The zero-order valence-corrected chi connectivity index (χ0v) is 19.1. The van der Waals surface area contributed by atoms with E-state index in [1.165, 1.54) is 12.8 Å². The normalized spacial score (nSPS) is 17.2. The zero-order chi connectivity index (χ0) is 22.7. The number of carbonyl (C=O) groups is 1. The zero-order valence-electron chi connectivity index (χ0n) is 19.1. The number of hydrogen-bond acceptors (Lipinski definition) is 5. The van der Waals surface area contributed by atoms with Gasteiger partial charge in [-0.15, -0.1) is 10.2 Å². The first-order valence-electron chi connectivity index (χ1n) is 12.0. The van der Waals surface area contributed by atoms with Gasteiger partial charge in [-0.1, -0.05) is 81.1 Å². The van der Waals surface area contributed by atoms with Gasteiger partial charge in [-0.2, -0.15) is 5.21 Å². The van der Waals surface area contributed by atoms with Crippen molar-refractivity contribution in [2.75, 3.05) is 0 Å². The summed E-state index contributed by atoms with van der Waals surface area (Å²) in [5, 5.41) is 14.5. The number of tetrazole rings is 1. The van der Waals surface area contributed by atoms with E-state index in [4.69, 9.17) is 4.99 Å². The Morgan fingerprint density at radius 3 is 2.45 bits per heavy atom. The predicted octanol–water partition coefficient (Wildman–Crippen LogP) is 5.17. The molecule has 0 bridgehead atoms. The number of amides is 1. The topological polar surface area (TPSA) is 87.1 Å². The van der Waals surface area contributed by atoms with Gasteiger partial charge in [-0.3, -0.25) is 14.7 Å². The van der Waals surface area contributed by atoms with E-state index in [1.807, 2.05) is 23.1 Å². The molecule has 3 aromatic rings. The summed E-state index contributed by atoms with van der Waals surface area (Å²) in [7, 11) is 0. The Morgan fingerprint density at radius 1 is 1.00 bits per heavy atom. The lowest BCUT2D eigenvalue weighted by atomic mass is 9.97. The number of aromatic nitrogens is 4. The first-order chi connectivity index (χ1) is 16.2. The van der Waals surface area contributed by atoms with Gasteiger partial charge in [0.2, 0.25) is 5.82 Å². The van der Waals surface area contributed by atoms with Crippen molar-refractivity contribution < 1.29 is 4.79 Å². The van der Waals surface area contributed by atoms with Gasteiger partial charge in [0.25, 0.3) is 5.91 Å². The number of amidine groups is 1. The SMILES string of the molecule is CCCCCC1=NC2(CCCC2)C(=O)N1Cc1ccc(-c2ccccc2-c2nn[nH]n2)cc1. The Balaban J connectivity index is 1.37. The van der Waals surface area contributed by atoms with Gasteiger partial charge < -0.3 is 0 Å². The number of hydrogen-bond donors (Lipinski definition) is 1. The number of rotatable bonds is 8. The predicted molar refractivity (Wildman–Crippen MR) is 128 cm³/mol. The molecular weight excluding hydrogens is 412 g/mol. The van der Waals surface area contributed by atoms with Crippen LogP contribution in [0, 0.1) is 0 Å². The number of H-pyrrole nitrogens is 1. The largest absolute Gasteiger partial charge is 0.294 e. The molecule has 1 N–H and O–H groups in total. The first kappa shape index (κ1) is 21.5. The van der Waals surface area contributed by atoms with Crippen molar-refractivity contribution in [2.24, 2.45) is 4.99 Å². The lowest BCUT2D eigenvalue weighted by Crippen LogP contribution is -2.40. The highest BCUT2D eigenvalue weighted by Gasteiger charge is 2.49. The van der Waals surface area contributed by atoms with E-state index in [9.17, 15) is 4.79 Å². The molecule has 2 aromatic carbocycles. The highest BCUT2D eigenvalue weighted by molar-refractivity contribution is 6.08. The molecule has 1 fully saturated rings. The molecule has 33 heavy (non-hydrogen) atoms.